The first-order chi connectivity index (χ1) is 13.5. The molecular formula is C23H21NO3S. The Bertz CT molecular complexity index is 1070. The van der Waals surface area contributed by atoms with E-state index in [0.29, 0.717) is 0 Å². The van der Waals surface area contributed by atoms with Crippen LogP contribution in [0.5, 0.6) is 0 Å². The molecule has 0 N–H and O–H groups in total. The lowest BCUT2D eigenvalue weighted by molar-refractivity contribution is -0.149. The zero-order valence-electron chi connectivity index (χ0n) is 15.5. The molecule has 5 heteroatoms. The number of carbonyl (C=O) groups excluding carboxylic acids is 1. The van der Waals surface area contributed by atoms with Gasteiger partial charge in [-0.2, -0.15) is 0 Å². The minimum absolute atomic E-state index is 0.182. The molecule has 0 spiro atoms. The molecule has 4 rings (SSSR count). The molecule has 1 saturated heterocycles. The van der Waals surface area contributed by atoms with E-state index in [1.807, 2.05) is 67.6 Å². The van der Waals surface area contributed by atoms with E-state index in [1.165, 1.54) is 0 Å². The van der Waals surface area contributed by atoms with Crippen LogP contribution in [-0.2, 0) is 14.6 Å². The van der Waals surface area contributed by atoms with Crippen LogP contribution >= 0.6 is 0 Å². The molecule has 1 aliphatic heterocycles. The summed E-state index contributed by atoms with van der Waals surface area (Å²) < 4.78 is 26.5. The van der Waals surface area contributed by atoms with Gasteiger partial charge in [0.05, 0.1) is 17.0 Å². The van der Waals surface area contributed by atoms with Gasteiger partial charge in [0, 0.05) is 0 Å². The smallest absolute Gasteiger partial charge is 0.244 e. The highest BCUT2D eigenvalue weighted by Crippen LogP contribution is 2.46. The topological polar surface area (TPSA) is 54.5 Å². The minimum atomic E-state index is -3.79. The summed E-state index contributed by atoms with van der Waals surface area (Å²) in [4.78, 5) is 15.0. The number of likely N-dealkylation sites (tertiary alicyclic amines) is 1. The Hall–Kier alpha value is -2.92. The lowest BCUT2D eigenvalue weighted by atomic mass is 9.89. The number of amides is 1. The molecule has 3 aromatic rings. The van der Waals surface area contributed by atoms with Crippen molar-refractivity contribution in [1.82, 2.24) is 4.90 Å². The number of rotatable bonds is 5. The molecule has 4 nitrogen and oxygen atoms in total. The van der Waals surface area contributed by atoms with Crippen LogP contribution in [-0.4, -0.2) is 24.5 Å². The van der Waals surface area contributed by atoms with Crippen molar-refractivity contribution in [2.75, 3.05) is 0 Å². The highest BCUT2D eigenvalue weighted by atomic mass is 32.2. The molecule has 3 atom stereocenters. The highest BCUT2D eigenvalue weighted by molar-refractivity contribution is 7.93. The molecule has 0 aromatic heterocycles. The van der Waals surface area contributed by atoms with Crippen LogP contribution in [0, 0.1) is 0 Å². The molecule has 1 aliphatic rings. The van der Waals surface area contributed by atoms with E-state index in [4.69, 9.17) is 0 Å². The zero-order valence-corrected chi connectivity index (χ0v) is 16.3. The van der Waals surface area contributed by atoms with Crippen LogP contribution in [0.2, 0.25) is 0 Å². The Balaban J connectivity index is 1.77. The number of carbonyl (C=O) groups is 1. The van der Waals surface area contributed by atoms with Crippen LogP contribution in [0.25, 0.3) is 0 Å². The Morgan fingerprint density at radius 2 is 1.29 bits per heavy atom. The lowest BCUT2D eigenvalue weighted by Gasteiger charge is -2.50. The van der Waals surface area contributed by atoms with Gasteiger partial charge in [-0.15, -0.1) is 0 Å². The monoisotopic (exact) mass is 391 g/mol. The van der Waals surface area contributed by atoms with Crippen LogP contribution in [0.1, 0.15) is 30.1 Å². The average molecular weight is 391 g/mol. The molecule has 3 aromatic carbocycles. The van der Waals surface area contributed by atoms with Crippen LogP contribution in [0.3, 0.4) is 0 Å². The molecule has 1 amide bonds. The van der Waals surface area contributed by atoms with Gasteiger partial charge in [-0.25, -0.2) is 8.42 Å². The number of benzene rings is 3. The van der Waals surface area contributed by atoms with Crippen molar-refractivity contribution in [3.8, 4) is 0 Å². The summed E-state index contributed by atoms with van der Waals surface area (Å²) in [6.07, 6.45) is 0. The maximum atomic E-state index is 13.3. The fraction of sp³-hybridized carbons (Fsp3) is 0.174. The largest absolute Gasteiger partial charge is 0.326 e. The fourth-order valence-corrected chi connectivity index (χ4v) is 5.70. The van der Waals surface area contributed by atoms with Gasteiger partial charge in [0.2, 0.25) is 5.91 Å². The van der Waals surface area contributed by atoms with Crippen molar-refractivity contribution in [1.29, 1.82) is 0 Å². The number of hydrogen-bond acceptors (Lipinski definition) is 3. The summed E-state index contributed by atoms with van der Waals surface area (Å²) in [5.74, 6) is -0.353. The van der Waals surface area contributed by atoms with Crippen molar-refractivity contribution < 1.29 is 13.2 Å². The lowest BCUT2D eigenvalue weighted by Crippen LogP contribution is -2.62. The maximum absolute atomic E-state index is 13.3. The van der Waals surface area contributed by atoms with Gasteiger partial charge in [-0.1, -0.05) is 78.9 Å². The number of sulfone groups is 1. The second kappa shape index (κ2) is 7.24. The summed E-state index contributed by atoms with van der Waals surface area (Å²) in [6.45, 7) is 1.94. The summed E-state index contributed by atoms with van der Waals surface area (Å²) in [5.41, 5.74) is 1.81. The summed E-state index contributed by atoms with van der Waals surface area (Å²) in [5, 5.41) is -1.11. The van der Waals surface area contributed by atoms with E-state index in [-0.39, 0.29) is 16.8 Å². The minimum Gasteiger partial charge on any atom is -0.326 e. The van der Waals surface area contributed by atoms with E-state index in [0.717, 1.165) is 11.1 Å². The molecule has 0 bridgehead atoms. The van der Waals surface area contributed by atoms with Gasteiger partial charge < -0.3 is 4.90 Å². The molecule has 28 heavy (non-hydrogen) atoms. The third kappa shape index (κ3) is 3.02. The van der Waals surface area contributed by atoms with Gasteiger partial charge in [-0.3, -0.25) is 4.79 Å². The van der Waals surface area contributed by atoms with E-state index in [1.54, 1.807) is 35.2 Å². The molecule has 0 aliphatic carbocycles. The summed E-state index contributed by atoms with van der Waals surface area (Å²) >= 11 is 0. The van der Waals surface area contributed by atoms with Crippen LogP contribution in [0.4, 0.5) is 0 Å². The number of nitrogens with zero attached hydrogens (tertiary/aromatic N) is 1. The van der Waals surface area contributed by atoms with E-state index >= 15 is 0 Å². The van der Waals surface area contributed by atoms with E-state index in [9.17, 15) is 13.2 Å². The Morgan fingerprint density at radius 3 is 1.86 bits per heavy atom. The maximum Gasteiger partial charge on any atom is 0.244 e. The Labute approximate surface area is 165 Å². The quantitative estimate of drug-likeness (QED) is 0.613. The van der Waals surface area contributed by atoms with Crippen molar-refractivity contribution in [3.05, 3.63) is 102 Å². The standard InChI is InChI=1S/C23H21NO3S/c1-17(18-11-5-2-6-12-18)24-21(19-13-7-3-8-14-19)22(23(24)25)28(26,27)20-15-9-4-10-16-20/h2-17,21-22H,1H3/t17-,21+,22+/m1/s1. The molecule has 0 radical (unpaired) electrons. The predicted octanol–water partition coefficient (Wildman–Crippen LogP) is 4.17. The van der Waals surface area contributed by atoms with Gasteiger partial charge in [0.25, 0.3) is 0 Å². The molecule has 1 heterocycles. The Morgan fingerprint density at radius 1 is 0.786 bits per heavy atom. The van der Waals surface area contributed by atoms with Gasteiger partial charge >= 0.3 is 0 Å². The zero-order chi connectivity index (χ0) is 19.7. The second-order valence-corrected chi connectivity index (χ2v) is 9.04. The normalized spacial score (nSPS) is 20.5. The van der Waals surface area contributed by atoms with Crippen LogP contribution in [0.15, 0.2) is 95.9 Å². The highest BCUT2D eigenvalue weighted by Gasteiger charge is 2.57. The molecule has 0 unspecified atom stereocenters. The van der Waals surface area contributed by atoms with Gasteiger partial charge in [0.1, 0.15) is 0 Å². The molecule has 1 fully saturated rings. The van der Waals surface area contributed by atoms with Gasteiger partial charge in [-0.05, 0) is 30.2 Å². The first-order valence-corrected chi connectivity index (χ1v) is 10.8. The van der Waals surface area contributed by atoms with Crippen molar-refractivity contribution in [2.45, 2.75) is 29.2 Å². The van der Waals surface area contributed by atoms with E-state index in [2.05, 4.69) is 0 Å². The molecule has 142 valence electrons. The van der Waals surface area contributed by atoms with E-state index < -0.39 is 21.1 Å². The Kier molecular flexibility index (Phi) is 4.77. The second-order valence-electron chi connectivity index (χ2n) is 6.97. The fourth-order valence-electron chi connectivity index (χ4n) is 3.85. The first-order valence-electron chi connectivity index (χ1n) is 9.23. The van der Waals surface area contributed by atoms with Crippen molar-refractivity contribution in [3.63, 3.8) is 0 Å². The number of hydrogen-bond donors (Lipinski definition) is 0. The van der Waals surface area contributed by atoms with Crippen molar-refractivity contribution >= 4 is 15.7 Å². The summed E-state index contributed by atoms with van der Waals surface area (Å²) in [7, 11) is -3.79. The molecule has 0 saturated carbocycles. The number of β-lactam (4-membered cyclic amide) rings is 1. The van der Waals surface area contributed by atoms with Crippen molar-refractivity contribution in [2.24, 2.45) is 0 Å². The third-order valence-electron chi connectivity index (χ3n) is 5.33. The molecular weight excluding hydrogens is 370 g/mol. The SMILES string of the molecule is C[C@H](c1ccccc1)N1C(=O)[C@@H](S(=O)(=O)c2ccccc2)[C@@H]1c1ccccc1. The van der Waals surface area contributed by atoms with Crippen LogP contribution < -0.4 is 0 Å². The first kappa shape index (κ1) is 18.4. The summed E-state index contributed by atoms with van der Waals surface area (Å²) in [6, 6.07) is 26.6. The third-order valence-corrected chi connectivity index (χ3v) is 7.39. The average Bonchev–Trinajstić information content (AvgIpc) is 2.73. The van der Waals surface area contributed by atoms with Gasteiger partial charge in [0.15, 0.2) is 15.1 Å². The predicted molar refractivity (Wildman–Crippen MR) is 108 cm³/mol.